The maximum Gasteiger partial charge on any atom is 0.269 e. The molecular weight excluding hydrogens is 226 g/mol. The topological polar surface area (TPSA) is 57.8 Å². The Labute approximate surface area is 106 Å². The Balaban J connectivity index is 2.51. The van der Waals surface area contributed by atoms with Crippen LogP contribution >= 0.6 is 0 Å². The van der Waals surface area contributed by atoms with Gasteiger partial charge in [0.15, 0.2) is 0 Å². The van der Waals surface area contributed by atoms with Gasteiger partial charge >= 0.3 is 0 Å². The van der Waals surface area contributed by atoms with Crippen molar-refractivity contribution in [1.29, 1.82) is 0 Å². The Morgan fingerprint density at radius 2 is 2.00 bits per heavy atom. The van der Waals surface area contributed by atoms with E-state index < -0.39 is 0 Å². The van der Waals surface area contributed by atoms with Crippen LogP contribution in [0.3, 0.4) is 0 Å². The number of nitrogens with one attached hydrogen (secondary N) is 2. The number of aryl methyl sites for hydroxylation is 2. The number of carbonyl (C=O) groups is 1. The van der Waals surface area contributed by atoms with E-state index in [4.69, 9.17) is 0 Å². The number of benzene rings is 1. The van der Waals surface area contributed by atoms with Crippen LogP contribution < -0.4 is 5.32 Å². The second-order valence-electron chi connectivity index (χ2n) is 4.21. The van der Waals surface area contributed by atoms with Crippen molar-refractivity contribution in [3.05, 3.63) is 41.3 Å². The van der Waals surface area contributed by atoms with Gasteiger partial charge in [-0.25, -0.2) is 4.98 Å². The molecule has 1 heterocycles. The Morgan fingerprint density at radius 1 is 1.33 bits per heavy atom. The first-order chi connectivity index (χ1) is 8.65. The summed E-state index contributed by atoms with van der Waals surface area (Å²) in [4.78, 5) is 19.4. The second-order valence-corrected chi connectivity index (χ2v) is 4.21. The summed E-state index contributed by atoms with van der Waals surface area (Å²) in [6.45, 7) is 4.04. The number of rotatable bonds is 3. The monoisotopic (exact) mass is 243 g/mol. The first-order valence-corrected chi connectivity index (χ1v) is 6.03. The van der Waals surface area contributed by atoms with Crippen molar-refractivity contribution >= 4 is 5.91 Å². The minimum absolute atomic E-state index is 0.141. The van der Waals surface area contributed by atoms with Crippen LogP contribution in [-0.4, -0.2) is 22.9 Å². The second kappa shape index (κ2) is 5.04. The highest BCUT2D eigenvalue weighted by molar-refractivity contribution is 5.98. The molecule has 0 radical (unpaired) electrons. The Hall–Kier alpha value is -2.10. The van der Waals surface area contributed by atoms with Crippen LogP contribution in [0.4, 0.5) is 0 Å². The maximum absolute atomic E-state index is 11.8. The predicted molar refractivity (Wildman–Crippen MR) is 71.5 cm³/mol. The van der Waals surface area contributed by atoms with E-state index in [1.165, 1.54) is 5.56 Å². The molecular formula is C14H17N3O. The van der Waals surface area contributed by atoms with Gasteiger partial charge in [-0.15, -0.1) is 0 Å². The highest BCUT2D eigenvalue weighted by Crippen LogP contribution is 2.22. The summed E-state index contributed by atoms with van der Waals surface area (Å²) in [5.74, 6) is 0.682. The van der Waals surface area contributed by atoms with E-state index in [0.29, 0.717) is 11.4 Å². The van der Waals surface area contributed by atoms with Gasteiger partial charge in [0.25, 0.3) is 5.91 Å². The fourth-order valence-corrected chi connectivity index (χ4v) is 1.80. The number of aromatic amines is 1. The van der Waals surface area contributed by atoms with E-state index in [1.54, 1.807) is 7.05 Å². The van der Waals surface area contributed by atoms with Crippen LogP contribution in [0.2, 0.25) is 0 Å². The molecule has 94 valence electrons. The van der Waals surface area contributed by atoms with Crippen molar-refractivity contribution < 1.29 is 4.79 Å². The van der Waals surface area contributed by atoms with Crippen LogP contribution in [0.25, 0.3) is 11.3 Å². The molecule has 0 aliphatic heterocycles. The molecule has 18 heavy (non-hydrogen) atoms. The molecule has 1 aromatic heterocycles. The normalized spacial score (nSPS) is 10.4. The lowest BCUT2D eigenvalue weighted by Gasteiger charge is -2.02. The number of carbonyl (C=O) groups excluding carboxylic acids is 1. The molecule has 0 aliphatic carbocycles. The molecule has 0 aliphatic rings. The number of H-pyrrole nitrogens is 1. The number of amides is 1. The van der Waals surface area contributed by atoms with Gasteiger partial charge in [0.05, 0.1) is 0 Å². The molecule has 0 fully saturated rings. The average Bonchev–Trinajstić information content (AvgIpc) is 2.83. The molecule has 0 spiro atoms. The van der Waals surface area contributed by atoms with Crippen LogP contribution in [0.1, 0.15) is 28.8 Å². The molecule has 2 aromatic rings. The van der Waals surface area contributed by atoms with Gasteiger partial charge in [-0.2, -0.15) is 0 Å². The van der Waals surface area contributed by atoms with E-state index in [2.05, 4.69) is 15.3 Å². The predicted octanol–water partition coefficient (Wildman–Crippen LogP) is 2.31. The zero-order valence-corrected chi connectivity index (χ0v) is 10.9. The Bertz CT molecular complexity index is 555. The summed E-state index contributed by atoms with van der Waals surface area (Å²) in [6.07, 6.45) is 0.774. The van der Waals surface area contributed by atoms with Crippen LogP contribution in [0, 0.1) is 6.92 Å². The van der Waals surface area contributed by atoms with E-state index in [9.17, 15) is 4.79 Å². The summed E-state index contributed by atoms with van der Waals surface area (Å²) in [6, 6.07) is 8.00. The first kappa shape index (κ1) is 12.4. The summed E-state index contributed by atoms with van der Waals surface area (Å²) in [5.41, 5.74) is 3.38. The molecule has 2 N–H and O–H groups in total. The molecule has 1 aromatic carbocycles. The third kappa shape index (κ3) is 2.27. The third-order valence-corrected chi connectivity index (χ3v) is 2.87. The smallest absolute Gasteiger partial charge is 0.269 e. The van der Waals surface area contributed by atoms with Gasteiger partial charge in [-0.05, 0) is 6.92 Å². The molecule has 4 nitrogen and oxygen atoms in total. The number of hydrogen-bond acceptors (Lipinski definition) is 2. The molecule has 0 atom stereocenters. The standard InChI is InChI=1S/C14H17N3O/c1-4-11-16-12(13(17-11)14(18)15-3)10-7-5-9(2)6-8-10/h5-8H,4H2,1-3H3,(H,15,18)(H,16,17). The third-order valence-electron chi connectivity index (χ3n) is 2.87. The minimum Gasteiger partial charge on any atom is -0.354 e. The number of hydrogen-bond donors (Lipinski definition) is 2. The summed E-state index contributed by atoms with van der Waals surface area (Å²) in [5, 5.41) is 2.63. The number of nitrogens with zero attached hydrogens (tertiary/aromatic N) is 1. The van der Waals surface area contributed by atoms with Crippen molar-refractivity contribution in [2.24, 2.45) is 0 Å². The summed E-state index contributed by atoms with van der Waals surface area (Å²) in [7, 11) is 1.62. The van der Waals surface area contributed by atoms with Gasteiger partial charge in [0, 0.05) is 19.0 Å². The van der Waals surface area contributed by atoms with Gasteiger partial charge in [-0.1, -0.05) is 36.8 Å². The van der Waals surface area contributed by atoms with Gasteiger partial charge < -0.3 is 10.3 Å². The summed E-state index contributed by atoms with van der Waals surface area (Å²) >= 11 is 0. The number of aromatic nitrogens is 2. The Morgan fingerprint density at radius 3 is 2.56 bits per heavy atom. The van der Waals surface area contributed by atoms with E-state index in [0.717, 1.165) is 17.8 Å². The molecule has 0 saturated heterocycles. The quantitative estimate of drug-likeness (QED) is 0.869. The van der Waals surface area contributed by atoms with Gasteiger partial charge in [0.1, 0.15) is 17.2 Å². The number of imidazole rings is 1. The van der Waals surface area contributed by atoms with Crippen LogP contribution in [-0.2, 0) is 6.42 Å². The molecule has 0 saturated carbocycles. The van der Waals surface area contributed by atoms with Gasteiger partial charge in [0.2, 0.25) is 0 Å². The molecule has 0 bridgehead atoms. The van der Waals surface area contributed by atoms with Crippen molar-refractivity contribution in [2.75, 3.05) is 7.05 Å². The molecule has 2 rings (SSSR count). The lowest BCUT2D eigenvalue weighted by atomic mass is 10.1. The highest BCUT2D eigenvalue weighted by atomic mass is 16.1. The van der Waals surface area contributed by atoms with Crippen molar-refractivity contribution in [1.82, 2.24) is 15.3 Å². The fourth-order valence-electron chi connectivity index (χ4n) is 1.80. The van der Waals surface area contributed by atoms with Gasteiger partial charge in [-0.3, -0.25) is 4.79 Å². The first-order valence-electron chi connectivity index (χ1n) is 6.03. The van der Waals surface area contributed by atoms with E-state index >= 15 is 0 Å². The lowest BCUT2D eigenvalue weighted by molar-refractivity contribution is 0.0959. The zero-order valence-electron chi connectivity index (χ0n) is 10.9. The molecule has 0 unspecified atom stereocenters. The summed E-state index contributed by atoms with van der Waals surface area (Å²) < 4.78 is 0. The lowest BCUT2D eigenvalue weighted by Crippen LogP contribution is -2.19. The van der Waals surface area contributed by atoms with Crippen LogP contribution in [0.15, 0.2) is 24.3 Å². The highest BCUT2D eigenvalue weighted by Gasteiger charge is 2.16. The van der Waals surface area contributed by atoms with Crippen molar-refractivity contribution in [3.8, 4) is 11.3 Å². The SMILES string of the molecule is CCc1nc(-c2ccc(C)cc2)c(C(=O)NC)[nH]1. The molecule has 4 heteroatoms. The fraction of sp³-hybridized carbons (Fsp3) is 0.286. The van der Waals surface area contributed by atoms with Crippen LogP contribution in [0.5, 0.6) is 0 Å². The van der Waals surface area contributed by atoms with E-state index in [1.807, 2.05) is 38.1 Å². The zero-order chi connectivity index (χ0) is 13.1. The van der Waals surface area contributed by atoms with E-state index in [-0.39, 0.29) is 5.91 Å². The minimum atomic E-state index is -0.141. The molecule has 1 amide bonds. The van der Waals surface area contributed by atoms with Crippen molar-refractivity contribution in [2.45, 2.75) is 20.3 Å². The average molecular weight is 243 g/mol. The van der Waals surface area contributed by atoms with Crippen molar-refractivity contribution in [3.63, 3.8) is 0 Å². The maximum atomic E-state index is 11.8. The largest absolute Gasteiger partial charge is 0.354 e. The Kier molecular flexibility index (Phi) is 3.46.